The van der Waals surface area contributed by atoms with Crippen molar-refractivity contribution in [3.05, 3.63) is 75.9 Å². The number of nitrogens with zero attached hydrogens (tertiary/aromatic N) is 1. The highest BCUT2D eigenvalue weighted by molar-refractivity contribution is 6.31. The molecule has 2 aromatic carbocycles. The number of aliphatic carboxylic acids is 1. The summed E-state index contributed by atoms with van der Waals surface area (Å²) in [5.74, 6) is 0.839. The second kappa shape index (κ2) is 8.01. The van der Waals surface area contributed by atoms with Gasteiger partial charge in [0.25, 0.3) is 0 Å². The third-order valence-electron chi connectivity index (χ3n) is 6.13. The first-order chi connectivity index (χ1) is 15.0. The summed E-state index contributed by atoms with van der Waals surface area (Å²) < 4.78 is 6.38. The molecule has 2 fully saturated rings. The van der Waals surface area contributed by atoms with Crippen molar-refractivity contribution >= 4 is 34.5 Å². The molecule has 0 bridgehead atoms. The number of hydrogen-bond donors (Lipinski definition) is 1. The lowest BCUT2D eigenvalue weighted by Gasteiger charge is -2.20. The number of carboxylic acids is 1. The van der Waals surface area contributed by atoms with Gasteiger partial charge in [-0.3, -0.25) is 4.98 Å². The Kier molecular flexibility index (Phi) is 5.19. The van der Waals surface area contributed by atoms with E-state index in [0.29, 0.717) is 11.8 Å². The van der Waals surface area contributed by atoms with Crippen LogP contribution in [0.1, 0.15) is 72.8 Å². The SMILES string of the molecule is CC(Oc1ccc2ncc(C=CC(=O)O)c(C3CC3)c2c1)c1c(Cl)cccc1C1CC1. The molecule has 0 saturated heterocycles. The average Bonchev–Trinajstić information content (AvgIpc) is 3.64. The summed E-state index contributed by atoms with van der Waals surface area (Å²) in [5.41, 5.74) is 5.29. The molecule has 1 heterocycles. The van der Waals surface area contributed by atoms with Crippen LogP contribution in [0.5, 0.6) is 5.75 Å². The average molecular weight is 434 g/mol. The van der Waals surface area contributed by atoms with E-state index in [-0.39, 0.29) is 6.10 Å². The van der Waals surface area contributed by atoms with Gasteiger partial charge in [-0.05, 0) is 91.5 Å². The van der Waals surface area contributed by atoms with Gasteiger partial charge in [-0.2, -0.15) is 0 Å². The zero-order valence-electron chi connectivity index (χ0n) is 17.3. The summed E-state index contributed by atoms with van der Waals surface area (Å²) in [6.07, 6.45) is 9.05. The standard InChI is InChI=1S/C26H24ClNO3/c1-15(25-20(16-5-6-16)3-2-4-22(25)27)31-19-10-11-23-21(13-19)26(17-7-8-17)18(14-28-23)9-12-24(29)30/h2-4,9-17H,5-8H2,1H3,(H,29,30). The maximum absolute atomic E-state index is 11.0. The molecule has 0 radical (unpaired) electrons. The van der Waals surface area contributed by atoms with Crippen LogP contribution in [0.2, 0.25) is 5.02 Å². The smallest absolute Gasteiger partial charge is 0.328 e. The number of ether oxygens (including phenoxy) is 1. The maximum Gasteiger partial charge on any atom is 0.328 e. The third kappa shape index (κ3) is 4.17. The van der Waals surface area contributed by atoms with Crippen LogP contribution < -0.4 is 4.74 Å². The topological polar surface area (TPSA) is 59.4 Å². The molecule has 1 N–H and O–H groups in total. The van der Waals surface area contributed by atoms with Crippen molar-refractivity contribution < 1.29 is 14.6 Å². The van der Waals surface area contributed by atoms with E-state index in [4.69, 9.17) is 21.4 Å². The Morgan fingerprint density at radius 2 is 1.97 bits per heavy atom. The molecule has 5 rings (SSSR count). The van der Waals surface area contributed by atoms with Crippen molar-refractivity contribution in [2.75, 3.05) is 0 Å². The Morgan fingerprint density at radius 1 is 1.19 bits per heavy atom. The maximum atomic E-state index is 11.0. The number of rotatable bonds is 7. The predicted octanol–water partition coefficient (Wildman–Crippen LogP) is 6.88. The molecule has 5 heteroatoms. The van der Waals surface area contributed by atoms with Crippen molar-refractivity contribution in [1.29, 1.82) is 0 Å². The van der Waals surface area contributed by atoms with Gasteiger partial charge in [-0.25, -0.2) is 4.79 Å². The summed E-state index contributed by atoms with van der Waals surface area (Å²) in [6, 6.07) is 12.1. The van der Waals surface area contributed by atoms with Crippen LogP contribution in [0.25, 0.3) is 17.0 Å². The van der Waals surface area contributed by atoms with Crippen LogP contribution in [0.4, 0.5) is 0 Å². The zero-order chi connectivity index (χ0) is 21.5. The Bertz CT molecular complexity index is 1190. The predicted molar refractivity (Wildman–Crippen MR) is 123 cm³/mol. The van der Waals surface area contributed by atoms with Gasteiger partial charge in [-0.1, -0.05) is 23.7 Å². The van der Waals surface area contributed by atoms with E-state index < -0.39 is 5.97 Å². The van der Waals surface area contributed by atoms with Crippen LogP contribution in [0, 0.1) is 0 Å². The van der Waals surface area contributed by atoms with E-state index >= 15 is 0 Å². The van der Waals surface area contributed by atoms with E-state index in [2.05, 4.69) is 11.1 Å². The molecule has 2 saturated carbocycles. The van der Waals surface area contributed by atoms with Crippen LogP contribution >= 0.6 is 11.6 Å². The van der Waals surface area contributed by atoms with E-state index in [9.17, 15) is 4.79 Å². The molecule has 1 aromatic heterocycles. The van der Waals surface area contributed by atoms with Gasteiger partial charge in [-0.15, -0.1) is 0 Å². The molecule has 1 unspecified atom stereocenters. The van der Waals surface area contributed by atoms with E-state index in [0.717, 1.165) is 51.2 Å². The number of aromatic nitrogens is 1. The summed E-state index contributed by atoms with van der Waals surface area (Å²) >= 11 is 6.57. The summed E-state index contributed by atoms with van der Waals surface area (Å²) in [6.45, 7) is 2.05. The molecule has 31 heavy (non-hydrogen) atoms. The zero-order valence-corrected chi connectivity index (χ0v) is 18.1. The minimum absolute atomic E-state index is 0.172. The number of fused-ring (bicyclic) bond motifs is 1. The fraction of sp³-hybridized carbons (Fsp3) is 0.308. The van der Waals surface area contributed by atoms with Gasteiger partial charge < -0.3 is 9.84 Å². The van der Waals surface area contributed by atoms with Crippen molar-refractivity contribution in [3.8, 4) is 5.75 Å². The molecule has 2 aliphatic carbocycles. The van der Waals surface area contributed by atoms with Crippen LogP contribution in [0.15, 0.2) is 48.7 Å². The molecule has 0 aliphatic heterocycles. The highest BCUT2D eigenvalue weighted by Crippen LogP contribution is 2.47. The number of hydrogen-bond acceptors (Lipinski definition) is 3. The number of benzene rings is 2. The molecule has 158 valence electrons. The van der Waals surface area contributed by atoms with Crippen LogP contribution in [-0.4, -0.2) is 16.1 Å². The molecule has 3 aromatic rings. The van der Waals surface area contributed by atoms with Crippen molar-refractivity contribution in [2.45, 2.75) is 50.5 Å². The highest BCUT2D eigenvalue weighted by Gasteiger charge is 2.30. The number of halogens is 1. The highest BCUT2D eigenvalue weighted by atomic mass is 35.5. The van der Waals surface area contributed by atoms with E-state index in [1.807, 2.05) is 37.3 Å². The minimum Gasteiger partial charge on any atom is -0.486 e. The molecule has 0 amide bonds. The lowest BCUT2D eigenvalue weighted by atomic mass is 9.98. The number of pyridine rings is 1. The van der Waals surface area contributed by atoms with Gasteiger partial charge in [0.05, 0.1) is 5.52 Å². The van der Waals surface area contributed by atoms with E-state index in [1.54, 1.807) is 12.3 Å². The molecule has 2 aliphatic rings. The van der Waals surface area contributed by atoms with E-state index in [1.165, 1.54) is 24.5 Å². The normalized spacial score (nSPS) is 17.2. The lowest BCUT2D eigenvalue weighted by molar-refractivity contribution is -0.131. The third-order valence-corrected chi connectivity index (χ3v) is 6.46. The summed E-state index contributed by atoms with van der Waals surface area (Å²) in [4.78, 5) is 15.6. The van der Waals surface area contributed by atoms with Gasteiger partial charge in [0.2, 0.25) is 0 Å². The van der Waals surface area contributed by atoms with Crippen LogP contribution in [0.3, 0.4) is 0 Å². The number of carboxylic acid groups (broad SMARTS) is 1. The fourth-order valence-corrected chi connectivity index (χ4v) is 4.73. The number of carbonyl (C=O) groups is 1. The molecular formula is C26H24ClNO3. The van der Waals surface area contributed by atoms with Gasteiger partial charge >= 0.3 is 5.97 Å². The Balaban J connectivity index is 1.51. The lowest BCUT2D eigenvalue weighted by Crippen LogP contribution is -2.07. The summed E-state index contributed by atoms with van der Waals surface area (Å²) in [7, 11) is 0. The second-order valence-corrected chi connectivity index (χ2v) is 8.94. The first-order valence-corrected chi connectivity index (χ1v) is 11.2. The quantitative estimate of drug-likeness (QED) is 0.412. The van der Waals surface area contributed by atoms with Gasteiger partial charge in [0, 0.05) is 28.2 Å². The van der Waals surface area contributed by atoms with Crippen molar-refractivity contribution in [1.82, 2.24) is 4.98 Å². The summed E-state index contributed by atoms with van der Waals surface area (Å²) in [5, 5.41) is 10.8. The molecule has 1 atom stereocenters. The second-order valence-electron chi connectivity index (χ2n) is 8.53. The van der Waals surface area contributed by atoms with Gasteiger partial charge in [0.1, 0.15) is 11.9 Å². The fourth-order valence-electron chi connectivity index (χ4n) is 4.40. The van der Waals surface area contributed by atoms with Crippen molar-refractivity contribution in [3.63, 3.8) is 0 Å². The molecule has 0 spiro atoms. The molecular weight excluding hydrogens is 410 g/mol. The monoisotopic (exact) mass is 433 g/mol. The largest absolute Gasteiger partial charge is 0.486 e. The Hall–Kier alpha value is -2.85. The van der Waals surface area contributed by atoms with Crippen molar-refractivity contribution in [2.24, 2.45) is 0 Å². The molecule has 4 nitrogen and oxygen atoms in total. The Morgan fingerprint density at radius 3 is 2.68 bits per heavy atom. The van der Waals surface area contributed by atoms with Crippen LogP contribution in [-0.2, 0) is 4.79 Å². The first kappa shape index (κ1) is 20.1. The minimum atomic E-state index is -0.959. The Labute approximate surface area is 186 Å². The van der Waals surface area contributed by atoms with Gasteiger partial charge in [0.15, 0.2) is 0 Å². The first-order valence-electron chi connectivity index (χ1n) is 10.8.